The largest absolute Gasteiger partial charge is 0.507 e. The van der Waals surface area contributed by atoms with Crippen LogP contribution in [0.4, 0.5) is 5.69 Å². The first kappa shape index (κ1) is 18.1. The van der Waals surface area contributed by atoms with Gasteiger partial charge in [-0.25, -0.2) is 4.98 Å². The third-order valence-corrected chi connectivity index (χ3v) is 4.71. The maximum Gasteiger partial charge on any atom is 0.274 e. The number of phenols is 1. The van der Waals surface area contributed by atoms with Gasteiger partial charge in [0, 0.05) is 23.8 Å². The zero-order valence-electron chi connectivity index (χ0n) is 12.7. The highest BCUT2D eigenvalue weighted by Crippen LogP contribution is 2.35. The molecular formula is C16H9Br2N3O5. The molecule has 0 aliphatic heterocycles. The van der Waals surface area contributed by atoms with Gasteiger partial charge in [0.1, 0.15) is 17.2 Å². The quantitative estimate of drug-likeness (QED) is 0.292. The Bertz CT molecular complexity index is 1120. The topological polar surface area (TPSA) is 129 Å². The van der Waals surface area contributed by atoms with Crippen molar-refractivity contribution in [3.05, 3.63) is 71.0 Å². The van der Waals surface area contributed by atoms with E-state index < -0.39 is 10.5 Å². The normalized spacial score (nSPS) is 11.7. The average molecular weight is 483 g/mol. The third kappa shape index (κ3) is 3.46. The SMILES string of the molecule is O=c1[nH]c2cc([N+](=O)[O-])ccc2nc1/C=C(\O)c1cc(Br)c(O)c(Br)c1. The Morgan fingerprint density at radius 1 is 1.23 bits per heavy atom. The first-order chi connectivity index (χ1) is 12.3. The summed E-state index contributed by atoms with van der Waals surface area (Å²) in [5, 5.41) is 30.8. The summed E-state index contributed by atoms with van der Waals surface area (Å²) in [4.78, 5) is 29.0. The number of benzene rings is 2. The lowest BCUT2D eigenvalue weighted by molar-refractivity contribution is -0.384. The minimum Gasteiger partial charge on any atom is -0.507 e. The number of nitro groups is 1. The molecule has 0 aliphatic carbocycles. The van der Waals surface area contributed by atoms with Crippen LogP contribution in [-0.2, 0) is 0 Å². The lowest BCUT2D eigenvalue weighted by atomic mass is 10.1. The van der Waals surface area contributed by atoms with Crippen molar-refractivity contribution in [2.24, 2.45) is 0 Å². The van der Waals surface area contributed by atoms with Crippen LogP contribution < -0.4 is 5.56 Å². The standard InChI is InChI=1S/C16H9Br2N3O5/c17-9-3-7(4-10(18)15(9)23)14(22)6-13-16(24)20-12-5-8(21(25)26)1-2-11(12)19-13/h1-6,22-23H,(H,20,24)/b14-6-. The van der Waals surface area contributed by atoms with Gasteiger partial charge < -0.3 is 15.2 Å². The molecule has 0 fully saturated rings. The number of halogens is 2. The Hall–Kier alpha value is -2.72. The summed E-state index contributed by atoms with van der Waals surface area (Å²) >= 11 is 6.32. The molecule has 3 aromatic rings. The van der Waals surface area contributed by atoms with E-state index in [9.17, 15) is 25.1 Å². The fourth-order valence-electron chi connectivity index (χ4n) is 2.23. The fraction of sp³-hybridized carbons (Fsp3) is 0. The Balaban J connectivity index is 2.09. The number of nitrogens with zero attached hydrogens (tertiary/aromatic N) is 2. The van der Waals surface area contributed by atoms with Gasteiger partial charge in [-0.15, -0.1) is 0 Å². The number of aliphatic hydroxyl groups excluding tert-OH is 1. The van der Waals surface area contributed by atoms with E-state index >= 15 is 0 Å². The molecule has 3 rings (SSSR count). The fourth-order valence-corrected chi connectivity index (χ4v) is 3.41. The molecule has 0 bridgehead atoms. The molecule has 0 aliphatic rings. The van der Waals surface area contributed by atoms with Gasteiger partial charge in [-0.3, -0.25) is 14.9 Å². The van der Waals surface area contributed by atoms with Gasteiger partial charge in [-0.1, -0.05) is 0 Å². The van der Waals surface area contributed by atoms with Gasteiger partial charge in [-0.05, 0) is 50.1 Å². The number of hydrogen-bond donors (Lipinski definition) is 3. The Kier molecular flexibility index (Phi) is 4.79. The molecule has 0 radical (unpaired) electrons. The van der Waals surface area contributed by atoms with E-state index in [4.69, 9.17) is 0 Å². The second-order valence-electron chi connectivity index (χ2n) is 5.23. The highest BCUT2D eigenvalue weighted by atomic mass is 79.9. The molecule has 1 heterocycles. The van der Waals surface area contributed by atoms with Crippen molar-refractivity contribution in [1.82, 2.24) is 9.97 Å². The number of nitrogens with one attached hydrogen (secondary N) is 1. The maximum absolute atomic E-state index is 12.2. The number of aliphatic hydroxyl groups is 1. The van der Waals surface area contributed by atoms with Crippen LogP contribution in [0, 0.1) is 10.1 Å². The minimum absolute atomic E-state index is 0.0233. The lowest BCUT2D eigenvalue weighted by Crippen LogP contribution is -2.12. The maximum atomic E-state index is 12.2. The van der Waals surface area contributed by atoms with Crippen LogP contribution in [0.2, 0.25) is 0 Å². The zero-order chi connectivity index (χ0) is 19.0. The van der Waals surface area contributed by atoms with Crippen molar-refractivity contribution < 1.29 is 15.1 Å². The predicted octanol–water partition coefficient (Wildman–Crippen LogP) is 4.12. The summed E-state index contributed by atoms with van der Waals surface area (Å²) in [6.45, 7) is 0. The van der Waals surface area contributed by atoms with E-state index in [1.807, 2.05) is 0 Å². The number of aromatic amines is 1. The molecule has 8 nitrogen and oxygen atoms in total. The molecule has 0 saturated heterocycles. The van der Waals surface area contributed by atoms with Gasteiger partial charge in [0.2, 0.25) is 0 Å². The van der Waals surface area contributed by atoms with Crippen molar-refractivity contribution in [3.63, 3.8) is 0 Å². The monoisotopic (exact) mass is 481 g/mol. The second kappa shape index (κ2) is 6.89. The van der Waals surface area contributed by atoms with Gasteiger partial charge >= 0.3 is 0 Å². The van der Waals surface area contributed by atoms with E-state index in [1.165, 1.54) is 36.4 Å². The molecule has 26 heavy (non-hydrogen) atoms. The smallest absolute Gasteiger partial charge is 0.274 e. The predicted molar refractivity (Wildman–Crippen MR) is 103 cm³/mol. The summed E-state index contributed by atoms with van der Waals surface area (Å²) in [7, 11) is 0. The van der Waals surface area contributed by atoms with Crippen LogP contribution in [0.1, 0.15) is 11.3 Å². The molecule has 0 spiro atoms. The zero-order valence-corrected chi connectivity index (χ0v) is 15.9. The van der Waals surface area contributed by atoms with Crippen LogP contribution in [0.15, 0.2) is 44.1 Å². The summed E-state index contributed by atoms with van der Waals surface area (Å²) in [6.07, 6.45) is 1.17. The van der Waals surface area contributed by atoms with Crippen molar-refractivity contribution >= 4 is 60.4 Å². The van der Waals surface area contributed by atoms with E-state index in [2.05, 4.69) is 41.8 Å². The Morgan fingerprint density at radius 2 is 1.88 bits per heavy atom. The molecular weight excluding hydrogens is 474 g/mol. The van der Waals surface area contributed by atoms with Gasteiger partial charge in [-0.2, -0.15) is 0 Å². The molecule has 0 unspecified atom stereocenters. The summed E-state index contributed by atoms with van der Waals surface area (Å²) < 4.78 is 0.712. The van der Waals surface area contributed by atoms with Crippen molar-refractivity contribution in [3.8, 4) is 5.75 Å². The van der Waals surface area contributed by atoms with Crippen LogP contribution in [0.25, 0.3) is 22.9 Å². The average Bonchev–Trinajstić information content (AvgIpc) is 2.59. The van der Waals surface area contributed by atoms with E-state index in [-0.39, 0.29) is 28.4 Å². The first-order valence-electron chi connectivity index (χ1n) is 7.04. The van der Waals surface area contributed by atoms with Crippen LogP contribution in [-0.4, -0.2) is 25.1 Å². The molecule has 0 atom stereocenters. The third-order valence-electron chi connectivity index (χ3n) is 3.50. The van der Waals surface area contributed by atoms with E-state index in [0.717, 1.165) is 0 Å². The minimum atomic E-state index is -0.610. The highest BCUT2D eigenvalue weighted by molar-refractivity contribution is 9.11. The van der Waals surface area contributed by atoms with E-state index in [0.29, 0.717) is 20.0 Å². The van der Waals surface area contributed by atoms with Crippen molar-refractivity contribution in [1.29, 1.82) is 0 Å². The first-order valence-corrected chi connectivity index (χ1v) is 8.62. The number of H-pyrrole nitrogens is 1. The number of hydrogen-bond acceptors (Lipinski definition) is 6. The Labute approximate surface area is 162 Å². The van der Waals surface area contributed by atoms with Gasteiger partial charge in [0.15, 0.2) is 0 Å². The molecule has 132 valence electrons. The van der Waals surface area contributed by atoms with Gasteiger partial charge in [0.05, 0.1) is 24.9 Å². The number of non-ortho nitro benzene ring substituents is 1. The number of rotatable bonds is 3. The molecule has 0 amide bonds. The van der Waals surface area contributed by atoms with Crippen molar-refractivity contribution in [2.75, 3.05) is 0 Å². The number of aromatic hydroxyl groups is 1. The molecule has 2 aromatic carbocycles. The van der Waals surface area contributed by atoms with Crippen LogP contribution in [0.3, 0.4) is 0 Å². The number of fused-ring (bicyclic) bond motifs is 1. The number of phenolic OH excluding ortho intramolecular Hbond substituents is 1. The number of aromatic nitrogens is 2. The number of nitro benzene ring substituents is 1. The Morgan fingerprint density at radius 3 is 2.50 bits per heavy atom. The van der Waals surface area contributed by atoms with Crippen molar-refractivity contribution in [2.45, 2.75) is 0 Å². The molecule has 1 aromatic heterocycles. The lowest BCUT2D eigenvalue weighted by Gasteiger charge is -2.06. The van der Waals surface area contributed by atoms with E-state index in [1.54, 1.807) is 0 Å². The summed E-state index contributed by atoms with van der Waals surface area (Å²) in [6, 6.07) is 6.85. The second-order valence-corrected chi connectivity index (χ2v) is 6.94. The summed E-state index contributed by atoms with van der Waals surface area (Å²) in [5.41, 5.74) is 0.0512. The highest BCUT2D eigenvalue weighted by Gasteiger charge is 2.12. The molecule has 3 N–H and O–H groups in total. The summed E-state index contributed by atoms with van der Waals surface area (Å²) in [5.74, 6) is -0.268. The molecule has 0 saturated carbocycles. The van der Waals surface area contributed by atoms with Gasteiger partial charge in [0.25, 0.3) is 11.2 Å². The van der Waals surface area contributed by atoms with Crippen LogP contribution in [0.5, 0.6) is 5.75 Å². The van der Waals surface area contributed by atoms with Crippen LogP contribution >= 0.6 is 31.9 Å². The molecule has 10 heteroatoms.